The molecule has 3 rings (SSSR count). The Kier molecular flexibility index (Phi) is 6.19. The number of fused-ring (bicyclic) bond motifs is 1. The second-order valence-electron chi connectivity index (χ2n) is 6.37. The summed E-state index contributed by atoms with van der Waals surface area (Å²) in [5.74, 6) is -0.653. The Morgan fingerprint density at radius 1 is 1.34 bits per heavy atom. The molecule has 0 aliphatic rings. The number of non-ortho nitro benzene ring substituents is 1. The number of thiophene rings is 1. The quantitative estimate of drug-likeness (QED) is 0.305. The molecule has 2 aromatic carbocycles. The number of carbonyl (C=O) groups excluding carboxylic acids is 1. The molecule has 1 aromatic heterocycles. The molecule has 2 unspecified atom stereocenters. The lowest BCUT2D eigenvalue weighted by Crippen LogP contribution is -2.25. The molecule has 1 heterocycles. The van der Waals surface area contributed by atoms with E-state index in [1.54, 1.807) is 29.6 Å². The number of nitrogens with one attached hydrogen (secondary N) is 1. The second kappa shape index (κ2) is 8.47. The van der Waals surface area contributed by atoms with Gasteiger partial charge in [-0.05, 0) is 46.2 Å². The summed E-state index contributed by atoms with van der Waals surface area (Å²) in [5, 5.41) is 16.1. The fourth-order valence-corrected chi connectivity index (χ4v) is 5.37. The summed E-state index contributed by atoms with van der Waals surface area (Å²) in [4.78, 5) is 33.3. The first-order valence-corrected chi connectivity index (χ1v) is 11.8. The van der Waals surface area contributed by atoms with Crippen LogP contribution in [-0.2, 0) is 9.36 Å². The summed E-state index contributed by atoms with van der Waals surface area (Å²) < 4.78 is 13.4. The number of benzene rings is 2. The van der Waals surface area contributed by atoms with E-state index >= 15 is 0 Å². The number of carbonyl (C=O) groups is 1. The molecule has 150 valence electrons. The van der Waals surface area contributed by atoms with Crippen molar-refractivity contribution in [2.75, 3.05) is 6.66 Å². The average molecular weight is 451 g/mol. The van der Waals surface area contributed by atoms with E-state index in [0.29, 0.717) is 21.5 Å². The van der Waals surface area contributed by atoms with Crippen molar-refractivity contribution in [3.8, 4) is 0 Å². The van der Waals surface area contributed by atoms with Crippen LogP contribution in [0.4, 0.5) is 5.69 Å². The molecular formula is C19H16ClN2O5PS. The van der Waals surface area contributed by atoms with Gasteiger partial charge in [-0.2, -0.15) is 0 Å². The summed E-state index contributed by atoms with van der Waals surface area (Å²) in [6.45, 7) is 1.13. The summed E-state index contributed by atoms with van der Waals surface area (Å²) in [6.07, 6.45) is 2.77. The van der Waals surface area contributed by atoms with Gasteiger partial charge in [0.15, 0.2) is 0 Å². The maximum atomic E-state index is 12.8. The zero-order chi connectivity index (χ0) is 21.2. The Morgan fingerprint density at radius 2 is 2.10 bits per heavy atom. The van der Waals surface area contributed by atoms with Crippen LogP contribution in [0.2, 0.25) is 5.02 Å². The fraction of sp³-hybridized carbons (Fsp3) is 0.105. The highest BCUT2D eigenvalue weighted by atomic mass is 35.5. The Balaban J connectivity index is 1.87. The molecule has 0 spiro atoms. The van der Waals surface area contributed by atoms with E-state index in [1.807, 2.05) is 0 Å². The van der Waals surface area contributed by atoms with E-state index < -0.39 is 23.9 Å². The minimum Gasteiger partial charge on any atom is -0.344 e. The van der Waals surface area contributed by atoms with Crippen LogP contribution in [0.1, 0.15) is 16.8 Å². The number of amides is 1. The van der Waals surface area contributed by atoms with Crippen molar-refractivity contribution in [1.29, 1.82) is 0 Å². The van der Waals surface area contributed by atoms with Gasteiger partial charge >= 0.3 is 0 Å². The average Bonchev–Trinajstić information content (AvgIpc) is 3.03. The first-order chi connectivity index (χ1) is 13.7. The summed E-state index contributed by atoms with van der Waals surface area (Å²) >= 11 is 7.40. The van der Waals surface area contributed by atoms with Gasteiger partial charge in [0.2, 0.25) is 13.3 Å². The molecular weight excluding hydrogens is 435 g/mol. The van der Waals surface area contributed by atoms with Gasteiger partial charge in [-0.3, -0.25) is 19.5 Å². The Bertz CT molecular complexity index is 1170. The largest absolute Gasteiger partial charge is 0.344 e. The topological polar surface area (TPSA) is 110 Å². The lowest BCUT2D eigenvalue weighted by atomic mass is 10.1. The molecule has 0 radical (unpaired) electrons. The molecule has 0 aliphatic carbocycles. The van der Waals surface area contributed by atoms with Gasteiger partial charge < -0.3 is 10.2 Å². The van der Waals surface area contributed by atoms with Crippen LogP contribution >= 0.6 is 30.3 Å². The normalized spacial score (nSPS) is 14.6. The highest BCUT2D eigenvalue weighted by Crippen LogP contribution is 2.54. The number of hydrogen-bond donors (Lipinski definition) is 2. The molecule has 2 atom stereocenters. The molecule has 0 fully saturated rings. The lowest BCUT2D eigenvalue weighted by molar-refractivity contribution is -0.384. The van der Waals surface area contributed by atoms with Gasteiger partial charge in [0.05, 0.1) is 4.92 Å². The van der Waals surface area contributed by atoms with Crippen LogP contribution in [0.15, 0.2) is 54.0 Å². The van der Waals surface area contributed by atoms with Gasteiger partial charge in [-0.1, -0.05) is 23.7 Å². The maximum Gasteiger partial charge on any atom is 0.270 e. The van der Waals surface area contributed by atoms with Gasteiger partial charge in [-0.25, -0.2) is 0 Å². The van der Waals surface area contributed by atoms with Crippen molar-refractivity contribution in [1.82, 2.24) is 5.32 Å². The third-order valence-electron chi connectivity index (χ3n) is 4.17. The fourth-order valence-electron chi connectivity index (χ4n) is 2.89. The molecule has 3 aromatic rings. The van der Waals surface area contributed by atoms with Crippen LogP contribution in [0, 0.1) is 10.1 Å². The van der Waals surface area contributed by atoms with Crippen molar-refractivity contribution >= 4 is 58.1 Å². The standard InChI is InChI=1S/C19H16ClN2O5PS/c1-28(26,27)18(16-11-29-17-6-5-13(20)10-15(16)17)19(23)21-8-7-12-3-2-4-14(9-12)22(24)25/h2-11,18H,1H3,(H,21,23)(H,26,27)/b8-7+. The Hall–Kier alpha value is -2.51. The third kappa shape index (κ3) is 4.92. The molecule has 0 bridgehead atoms. The number of nitrogens with zero attached hydrogens (tertiary/aromatic N) is 1. The molecule has 1 amide bonds. The number of nitro groups is 1. The smallest absolute Gasteiger partial charge is 0.270 e. The van der Waals surface area contributed by atoms with Gasteiger partial charge in [0.1, 0.15) is 5.66 Å². The number of rotatable bonds is 6. The van der Waals surface area contributed by atoms with Crippen molar-refractivity contribution < 1.29 is 19.2 Å². The van der Waals surface area contributed by atoms with Gasteiger partial charge in [0.25, 0.3) is 5.69 Å². The zero-order valence-corrected chi connectivity index (χ0v) is 17.6. The van der Waals surface area contributed by atoms with Crippen LogP contribution in [0.25, 0.3) is 16.2 Å². The van der Waals surface area contributed by atoms with E-state index in [9.17, 15) is 24.4 Å². The van der Waals surface area contributed by atoms with E-state index in [1.165, 1.54) is 41.8 Å². The first kappa shape index (κ1) is 21.2. The predicted octanol–water partition coefficient (Wildman–Crippen LogP) is 5.19. The highest BCUT2D eigenvalue weighted by molar-refractivity contribution is 7.58. The van der Waals surface area contributed by atoms with E-state index in [2.05, 4.69) is 5.32 Å². The molecule has 0 saturated heterocycles. The third-order valence-corrected chi connectivity index (χ3v) is 6.86. The molecule has 2 N–H and O–H groups in total. The molecule has 10 heteroatoms. The highest BCUT2D eigenvalue weighted by Gasteiger charge is 2.36. The Morgan fingerprint density at radius 3 is 2.79 bits per heavy atom. The molecule has 0 saturated carbocycles. The van der Waals surface area contributed by atoms with E-state index in [0.717, 1.165) is 11.4 Å². The van der Waals surface area contributed by atoms with Gasteiger partial charge in [-0.15, -0.1) is 11.3 Å². The first-order valence-electron chi connectivity index (χ1n) is 8.35. The van der Waals surface area contributed by atoms with E-state index in [-0.39, 0.29) is 5.69 Å². The molecule has 0 aliphatic heterocycles. The predicted molar refractivity (Wildman–Crippen MR) is 116 cm³/mol. The van der Waals surface area contributed by atoms with E-state index in [4.69, 9.17) is 11.6 Å². The number of halogens is 1. The Labute approximate surface area is 175 Å². The number of hydrogen-bond acceptors (Lipinski definition) is 5. The summed E-state index contributed by atoms with van der Waals surface area (Å²) in [6, 6.07) is 11.0. The zero-order valence-electron chi connectivity index (χ0n) is 15.1. The minimum absolute atomic E-state index is 0.0774. The van der Waals surface area contributed by atoms with Crippen LogP contribution in [0.3, 0.4) is 0 Å². The van der Waals surface area contributed by atoms with Crippen molar-refractivity contribution in [3.63, 3.8) is 0 Å². The van der Waals surface area contributed by atoms with Crippen molar-refractivity contribution in [3.05, 3.63) is 80.3 Å². The minimum atomic E-state index is -3.84. The second-order valence-corrected chi connectivity index (χ2v) is 10.1. The van der Waals surface area contributed by atoms with Crippen LogP contribution < -0.4 is 5.32 Å². The monoisotopic (exact) mass is 450 g/mol. The summed E-state index contributed by atoms with van der Waals surface area (Å²) in [7, 11) is -3.84. The summed E-state index contributed by atoms with van der Waals surface area (Å²) in [5.41, 5.74) is -0.412. The van der Waals surface area contributed by atoms with Crippen molar-refractivity contribution in [2.24, 2.45) is 0 Å². The maximum absolute atomic E-state index is 12.8. The van der Waals surface area contributed by atoms with Crippen LogP contribution in [-0.4, -0.2) is 22.4 Å². The SMILES string of the molecule is CP(=O)(O)C(C(=O)N/C=C/c1cccc([N+](=O)[O-])c1)c1csc2ccc(Cl)cc12. The number of nitro benzene ring substituents is 1. The van der Waals surface area contributed by atoms with Crippen LogP contribution in [0.5, 0.6) is 0 Å². The molecule has 29 heavy (non-hydrogen) atoms. The van der Waals surface area contributed by atoms with Gasteiger partial charge in [0, 0.05) is 34.7 Å². The molecule has 7 nitrogen and oxygen atoms in total. The van der Waals surface area contributed by atoms with Crippen molar-refractivity contribution in [2.45, 2.75) is 5.66 Å². The lowest BCUT2D eigenvalue weighted by Gasteiger charge is -2.18.